The third-order valence-electron chi connectivity index (χ3n) is 3.35. The van der Waals surface area contributed by atoms with Crippen LogP contribution in [0.4, 0.5) is 0 Å². The summed E-state index contributed by atoms with van der Waals surface area (Å²) in [6.45, 7) is 3.68. The van der Waals surface area contributed by atoms with E-state index in [1.807, 2.05) is 44.2 Å². The van der Waals surface area contributed by atoms with E-state index in [-0.39, 0.29) is 5.92 Å². The lowest BCUT2D eigenvalue weighted by atomic mass is 9.94. The van der Waals surface area contributed by atoms with Crippen molar-refractivity contribution in [1.82, 2.24) is 0 Å². The fourth-order valence-corrected chi connectivity index (χ4v) is 1.95. The van der Waals surface area contributed by atoms with Crippen molar-refractivity contribution in [2.24, 2.45) is 11.8 Å². The van der Waals surface area contributed by atoms with Crippen LogP contribution in [0.3, 0.4) is 0 Å². The van der Waals surface area contributed by atoms with Crippen LogP contribution in [-0.4, -0.2) is 38.2 Å². The molecule has 24 heavy (non-hydrogen) atoms. The topological polar surface area (TPSA) is 78.9 Å². The van der Waals surface area contributed by atoms with E-state index in [1.54, 1.807) is 12.2 Å². The quantitative estimate of drug-likeness (QED) is 0.432. The first-order chi connectivity index (χ1) is 11.4. The zero-order valence-electron chi connectivity index (χ0n) is 14.2. The Bertz CT molecular complexity index is 575. The number of hydrogen-bond acceptors (Lipinski definition) is 6. The van der Waals surface area contributed by atoms with Crippen LogP contribution in [0.15, 0.2) is 36.4 Å². The Labute approximate surface area is 141 Å². The van der Waals surface area contributed by atoms with E-state index in [2.05, 4.69) is 9.47 Å². The number of carbonyl (C=O) groups is 3. The molecule has 0 aromatic heterocycles. The summed E-state index contributed by atoms with van der Waals surface area (Å²) in [6.07, 6.45) is 1.75. The maximum atomic E-state index is 12.4. The Morgan fingerprint density at radius 2 is 1.46 bits per heavy atom. The molecule has 0 amide bonds. The number of esters is 3. The van der Waals surface area contributed by atoms with Gasteiger partial charge in [-0.15, -0.1) is 0 Å². The van der Waals surface area contributed by atoms with Crippen molar-refractivity contribution in [1.29, 1.82) is 0 Å². The molecular formula is C18H22O6. The van der Waals surface area contributed by atoms with Crippen LogP contribution >= 0.6 is 0 Å². The first-order valence-electron chi connectivity index (χ1n) is 7.50. The van der Waals surface area contributed by atoms with Gasteiger partial charge >= 0.3 is 17.9 Å². The molecule has 0 aliphatic rings. The molecule has 0 aliphatic heterocycles. The summed E-state index contributed by atoms with van der Waals surface area (Å²) in [5.74, 6) is -3.37. The standard InChI is InChI=1S/C18H22O6/c1-12(2)14(11-10-13-8-6-5-7-9-13)16(19)24-15(17(20)22-3)18(21)23-4/h5-12,14-15H,1-4H3/b11-10+. The molecule has 130 valence electrons. The van der Waals surface area contributed by atoms with Crippen molar-refractivity contribution in [3.05, 3.63) is 42.0 Å². The molecular weight excluding hydrogens is 312 g/mol. The predicted octanol–water partition coefficient (Wildman–Crippen LogP) is 2.23. The Balaban J connectivity index is 2.91. The molecule has 1 aromatic carbocycles. The Morgan fingerprint density at radius 3 is 1.92 bits per heavy atom. The molecule has 6 nitrogen and oxygen atoms in total. The van der Waals surface area contributed by atoms with E-state index in [0.717, 1.165) is 19.8 Å². The molecule has 1 atom stereocenters. The molecule has 0 spiro atoms. The summed E-state index contributed by atoms with van der Waals surface area (Å²) in [5.41, 5.74) is 0.924. The van der Waals surface area contributed by atoms with Crippen molar-refractivity contribution >= 4 is 24.0 Å². The summed E-state index contributed by atoms with van der Waals surface area (Å²) in [7, 11) is 2.20. The molecule has 0 saturated heterocycles. The van der Waals surface area contributed by atoms with Gasteiger partial charge in [0.2, 0.25) is 0 Å². The van der Waals surface area contributed by atoms with Gasteiger partial charge in [-0.3, -0.25) is 4.79 Å². The number of rotatable bonds is 7. The monoisotopic (exact) mass is 334 g/mol. The average Bonchev–Trinajstić information content (AvgIpc) is 2.59. The van der Waals surface area contributed by atoms with Crippen LogP contribution < -0.4 is 0 Å². The second-order valence-electron chi connectivity index (χ2n) is 5.40. The van der Waals surface area contributed by atoms with Gasteiger partial charge in [0.25, 0.3) is 6.10 Å². The van der Waals surface area contributed by atoms with E-state index >= 15 is 0 Å². The van der Waals surface area contributed by atoms with E-state index in [9.17, 15) is 14.4 Å². The number of benzene rings is 1. The smallest absolute Gasteiger partial charge is 0.359 e. The van der Waals surface area contributed by atoms with Gasteiger partial charge in [0.15, 0.2) is 0 Å². The fraction of sp³-hybridized carbons (Fsp3) is 0.389. The van der Waals surface area contributed by atoms with E-state index in [1.165, 1.54) is 0 Å². The highest BCUT2D eigenvalue weighted by Crippen LogP contribution is 2.18. The predicted molar refractivity (Wildman–Crippen MR) is 87.7 cm³/mol. The highest BCUT2D eigenvalue weighted by Gasteiger charge is 2.35. The van der Waals surface area contributed by atoms with Gasteiger partial charge in [-0.2, -0.15) is 0 Å². The van der Waals surface area contributed by atoms with Crippen LogP contribution in [0.1, 0.15) is 19.4 Å². The van der Waals surface area contributed by atoms with Crippen molar-refractivity contribution in [2.45, 2.75) is 20.0 Å². The third kappa shape index (κ3) is 5.53. The summed E-state index contributed by atoms with van der Waals surface area (Å²) in [6, 6.07) is 9.44. The first kappa shape index (κ1) is 19.4. The molecule has 1 aromatic rings. The van der Waals surface area contributed by atoms with E-state index in [0.29, 0.717) is 0 Å². The average molecular weight is 334 g/mol. The van der Waals surface area contributed by atoms with Crippen molar-refractivity contribution in [3.63, 3.8) is 0 Å². The zero-order chi connectivity index (χ0) is 18.1. The van der Waals surface area contributed by atoms with Gasteiger partial charge in [0, 0.05) is 0 Å². The number of ether oxygens (including phenoxy) is 3. The molecule has 0 radical (unpaired) electrons. The Kier molecular flexibility index (Phi) is 7.68. The molecule has 0 heterocycles. The van der Waals surface area contributed by atoms with E-state index in [4.69, 9.17) is 4.74 Å². The number of hydrogen-bond donors (Lipinski definition) is 0. The normalized spacial score (nSPS) is 12.2. The molecule has 0 bridgehead atoms. The van der Waals surface area contributed by atoms with Gasteiger partial charge in [0.1, 0.15) is 0 Å². The van der Waals surface area contributed by atoms with Crippen molar-refractivity contribution in [3.8, 4) is 0 Å². The molecule has 1 unspecified atom stereocenters. The van der Waals surface area contributed by atoms with Gasteiger partial charge in [-0.05, 0) is 11.5 Å². The summed E-state index contributed by atoms with van der Waals surface area (Å²) >= 11 is 0. The lowest BCUT2D eigenvalue weighted by molar-refractivity contribution is -0.179. The summed E-state index contributed by atoms with van der Waals surface area (Å²) in [5, 5.41) is 0. The van der Waals surface area contributed by atoms with E-state index < -0.39 is 29.9 Å². The maximum absolute atomic E-state index is 12.4. The van der Waals surface area contributed by atoms with Gasteiger partial charge in [-0.25, -0.2) is 9.59 Å². The SMILES string of the molecule is COC(=O)C(OC(=O)C(/C=C/c1ccccc1)C(C)C)C(=O)OC. The lowest BCUT2D eigenvalue weighted by Crippen LogP contribution is -2.39. The summed E-state index contributed by atoms with van der Waals surface area (Å²) < 4.78 is 14.0. The Morgan fingerprint density at radius 1 is 0.917 bits per heavy atom. The molecule has 0 fully saturated rings. The minimum atomic E-state index is -1.72. The van der Waals surface area contributed by atoms with Crippen LogP contribution in [-0.2, 0) is 28.6 Å². The Hall–Kier alpha value is -2.63. The minimum Gasteiger partial charge on any atom is -0.466 e. The van der Waals surface area contributed by atoms with Crippen LogP contribution in [0.25, 0.3) is 6.08 Å². The highest BCUT2D eigenvalue weighted by molar-refractivity contribution is 6.00. The zero-order valence-corrected chi connectivity index (χ0v) is 14.2. The lowest BCUT2D eigenvalue weighted by Gasteiger charge is -2.19. The largest absolute Gasteiger partial charge is 0.466 e. The molecule has 1 rings (SSSR count). The molecule has 6 heteroatoms. The van der Waals surface area contributed by atoms with Crippen LogP contribution in [0, 0.1) is 11.8 Å². The number of methoxy groups -OCH3 is 2. The van der Waals surface area contributed by atoms with Gasteiger partial charge in [-0.1, -0.05) is 56.3 Å². The van der Waals surface area contributed by atoms with Crippen molar-refractivity contribution in [2.75, 3.05) is 14.2 Å². The summed E-state index contributed by atoms with van der Waals surface area (Å²) in [4.78, 5) is 35.6. The fourth-order valence-electron chi connectivity index (χ4n) is 1.95. The van der Waals surface area contributed by atoms with Crippen molar-refractivity contribution < 1.29 is 28.6 Å². The maximum Gasteiger partial charge on any atom is 0.359 e. The van der Waals surface area contributed by atoms with Crippen LogP contribution in [0.5, 0.6) is 0 Å². The number of carbonyl (C=O) groups excluding carboxylic acids is 3. The highest BCUT2D eigenvalue weighted by atomic mass is 16.6. The second kappa shape index (κ2) is 9.50. The first-order valence-corrected chi connectivity index (χ1v) is 7.50. The van der Waals surface area contributed by atoms with Gasteiger partial charge < -0.3 is 14.2 Å². The van der Waals surface area contributed by atoms with Crippen LogP contribution in [0.2, 0.25) is 0 Å². The molecule has 0 aliphatic carbocycles. The third-order valence-corrected chi connectivity index (χ3v) is 3.35. The second-order valence-corrected chi connectivity index (χ2v) is 5.40. The van der Waals surface area contributed by atoms with Gasteiger partial charge in [0.05, 0.1) is 20.1 Å². The molecule has 0 N–H and O–H groups in total. The minimum absolute atomic E-state index is 0.0894. The molecule has 0 saturated carbocycles.